The number of hydrogen-bond donors (Lipinski definition) is 1. The summed E-state index contributed by atoms with van der Waals surface area (Å²) in [6.45, 7) is 3.29. The Hall–Kier alpha value is -2.42. The lowest BCUT2D eigenvalue weighted by atomic mass is 9.95. The van der Waals surface area contributed by atoms with Gasteiger partial charge >= 0.3 is 0 Å². The van der Waals surface area contributed by atoms with Crippen LogP contribution in [-0.2, 0) is 11.3 Å². The number of non-ortho nitro benzene ring substituents is 1. The zero-order chi connectivity index (χ0) is 13.8. The van der Waals surface area contributed by atoms with E-state index >= 15 is 0 Å². The van der Waals surface area contributed by atoms with Gasteiger partial charge in [-0.15, -0.1) is 0 Å². The summed E-state index contributed by atoms with van der Waals surface area (Å²) in [5, 5.41) is 21.8. The first kappa shape index (κ1) is 13.6. The summed E-state index contributed by atoms with van der Waals surface area (Å²) in [5.74, 6) is -0.372. The van der Waals surface area contributed by atoms with E-state index in [4.69, 9.17) is 5.26 Å². The first-order valence-electron chi connectivity index (χ1n) is 5.29. The Labute approximate surface area is 104 Å². The number of nitrogens with zero attached hydrogens (tertiary/aromatic N) is 2. The number of carbonyl (C=O) groups is 1. The number of nitriles is 1. The molecule has 0 atom stereocenters. The van der Waals surface area contributed by atoms with Gasteiger partial charge < -0.3 is 5.32 Å². The molecule has 1 aromatic carbocycles. The van der Waals surface area contributed by atoms with E-state index in [-0.39, 0.29) is 18.1 Å². The molecule has 6 nitrogen and oxygen atoms in total. The van der Waals surface area contributed by atoms with E-state index in [1.54, 1.807) is 12.1 Å². The number of hydrogen-bond acceptors (Lipinski definition) is 4. The van der Waals surface area contributed by atoms with Crippen molar-refractivity contribution < 1.29 is 9.72 Å². The van der Waals surface area contributed by atoms with E-state index in [0.717, 1.165) is 5.56 Å². The highest BCUT2D eigenvalue weighted by atomic mass is 16.6. The van der Waals surface area contributed by atoms with Crippen LogP contribution in [0.1, 0.15) is 19.4 Å². The van der Waals surface area contributed by atoms with Crippen LogP contribution in [0.15, 0.2) is 24.3 Å². The first-order chi connectivity index (χ1) is 8.36. The second-order valence-corrected chi connectivity index (χ2v) is 4.34. The zero-order valence-electron chi connectivity index (χ0n) is 10.1. The fourth-order valence-electron chi connectivity index (χ4n) is 1.19. The molecule has 1 aromatic rings. The highest BCUT2D eigenvalue weighted by molar-refractivity contribution is 5.84. The molecule has 0 saturated carbocycles. The van der Waals surface area contributed by atoms with Crippen LogP contribution in [0.4, 0.5) is 5.69 Å². The van der Waals surface area contributed by atoms with Crippen molar-refractivity contribution in [3.8, 4) is 6.07 Å². The second-order valence-electron chi connectivity index (χ2n) is 4.34. The van der Waals surface area contributed by atoms with Crippen LogP contribution in [0.25, 0.3) is 0 Å². The molecular weight excluding hydrogens is 234 g/mol. The SMILES string of the molecule is CC(C)(C#N)C(=O)NCc1ccc([N+](=O)[O-])cc1. The van der Waals surface area contributed by atoms with E-state index in [1.165, 1.54) is 26.0 Å². The van der Waals surface area contributed by atoms with Crippen LogP contribution >= 0.6 is 0 Å². The van der Waals surface area contributed by atoms with E-state index in [0.29, 0.717) is 0 Å². The smallest absolute Gasteiger partial charge is 0.269 e. The summed E-state index contributed by atoms with van der Waals surface area (Å²) in [6.07, 6.45) is 0. The lowest BCUT2D eigenvalue weighted by Gasteiger charge is -2.14. The maximum atomic E-state index is 11.6. The highest BCUT2D eigenvalue weighted by Gasteiger charge is 2.26. The molecule has 0 radical (unpaired) electrons. The first-order valence-corrected chi connectivity index (χ1v) is 5.29. The van der Waals surface area contributed by atoms with Crippen molar-refractivity contribution in [1.82, 2.24) is 5.32 Å². The minimum absolute atomic E-state index is 0.00225. The minimum atomic E-state index is -1.08. The number of nitrogens with one attached hydrogen (secondary N) is 1. The monoisotopic (exact) mass is 247 g/mol. The predicted octanol–water partition coefficient (Wildman–Crippen LogP) is 1.76. The highest BCUT2D eigenvalue weighted by Crippen LogP contribution is 2.14. The summed E-state index contributed by atoms with van der Waals surface area (Å²) in [4.78, 5) is 21.6. The number of benzene rings is 1. The molecule has 1 rings (SSSR count). The molecular formula is C12H13N3O3. The van der Waals surface area contributed by atoms with Crippen LogP contribution in [-0.4, -0.2) is 10.8 Å². The number of amides is 1. The molecule has 1 N–H and O–H groups in total. The molecule has 1 amide bonds. The van der Waals surface area contributed by atoms with Gasteiger partial charge in [0.25, 0.3) is 5.69 Å². The van der Waals surface area contributed by atoms with E-state index in [9.17, 15) is 14.9 Å². The van der Waals surface area contributed by atoms with Gasteiger partial charge in [-0.3, -0.25) is 14.9 Å². The number of nitro benzene ring substituents is 1. The average molecular weight is 247 g/mol. The van der Waals surface area contributed by atoms with Crippen molar-refractivity contribution in [2.75, 3.05) is 0 Å². The Morgan fingerprint density at radius 1 is 1.44 bits per heavy atom. The van der Waals surface area contributed by atoms with Crippen LogP contribution in [0.5, 0.6) is 0 Å². The summed E-state index contributed by atoms with van der Waals surface area (Å²) in [6, 6.07) is 7.78. The molecule has 0 bridgehead atoms. The van der Waals surface area contributed by atoms with Gasteiger partial charge in [-0.1, -0.05) is 12.1 Å². The van der Waals surface area contributed by atoms with Gasteiger partial charge in [-0.2, -0.15) is 5.26 Å². The molecule has 0 heterocycles. The molecule has 0 spiro atoms. The number of carbonyl (C=O) groups excluding carboxylic acids is 1. The molecule has 6 heteroatoms. The fourth-order valence-corrected chi connectivity index (χ4v) is 1.19. The lowest BCUT2D eigenvalue weighted by Crippen LogP contribution is -2.35. The molecule has 0 aliphatic heterocycles. The molecule has 0 saturated heterocycles. The van der Waals surface area contributed by atoms with Crippen LogP contribution < -0.4 is 5.32 Å². The quantitative estimate of drug-likeness (QED) is 0.647. The standard InChI is InChI=1S/C12H13N3O3/c1-12(2,8-13)11(16)14-7-9-3-5-10(6-4-9)15(17)18/h3-6H,7H2,1-2H3,(H,14,16). The lowest BCUT2D eigenvalue weighted by molar-refractivity contribution is -0.384. The van der Waals surface area contributed by atoms with E-state index in [1.807, 2.05) is 6.07 Å². The van der Waals surface area contributed by atoms with Gasteiger partial charge in [0.15, 0.2) is 0 Å². The summed E-state index contributed by atoms with van der Waals surface area (Å²) in [5.41, 5.74) is -0.342. The Morgan fingerprint density at radius 3 is 2.44 bits per heavy atom. The second kappa shape index (κ2) is 5.27. The molecule has 0 aliphatic rings. The van der Waals surface area contributed by atoms with Crippen molar-refractivity contribution in [3.05, 3.63) is 39.9 Å². The fraction of sp³-hybridized carbons (Fsp3) is 0.333. The molecule has 0 aromatic heterocycles. The maximum absolute atomic E-state index is 11.6. The number of rotatable bonds is 4. The van der Waals surface area contributed by atoms with Crippen molar-refractivity contribution in [3.63, 3.8) is 0 Å². The van der Waals surface area contributed by atoms with Crippen LogP contribution in [0.2, 0.25) is 0 Å². The Bertz CT molecular complexity index is 500. The molecule has 94 valence electrons. The Kier molecular flexibility index (Phi) is 4.00. The third-order valence-corrected chi connectivity index (χ3v) is 2.45. The summed E-state index contributed by atoms with van der Waals surface area (Å²) >= 11 is 0. The number of nitro groups is 1. The van der Waals surface area contributed by atoms with Gasteiger partial charge in [-0.25, -0.2) is 0 Å². The van der Waals surface area contributed by atoms with Crippen molar-refractivity contribution >= 4 is 11.6 Å². The Morgan fingerprint density at radius 2 is 2.00 bits per heavy atom. The molecule has 0 aliphatic carbocycles. The van der Waals surface area contributed by atoms with Crippen molar-refractivity contribution in [2.45, 2.75) is 20.4 Å². The average Bonchev–Trinajstić information content (AvgIpc) is 2.36. The van der Waals surface area contributed by atoms with Crippen molar-refractivity contribution in [2.24, 2.45) is 5.41 Å². The van der Waals surface area contributed by atoms with Crippen LogP contribution in [0, 0.1) is 26.9 Å². The van der Waals surface area contributed by atoms with Crippen LogP contribution in [0.3, 0.4) is 0 Å². The van der Waals surface area contributed by atoms with Gasteiger partial charge in [0.2, 0.25) is 5.91 Å². The van der Waals surface area contributed by atoms with E-state index < -0.39 is 10.3 Å². The van der Waals surface area contributed by atoms with Crippen molar-refractivity contribution in [1.29, 1.82) is 5.26 Å². The Balaban J connectivity index is 2.63. The third-order valence-electron chi connectivity index (χ3n) is 2.45. The molecule has 18 heavy (non-hydrogen) atoms. The maximum Gasteiger partial charge on any atom is 0.269 e. The largest absolute Gasteiger partial charge is 0.351 e. The molecule has 0 unspecified atom stereocenters. The normalized spacial score (nSPS) is 10.5. The van der Waals surface area contributed by atoms with Gasteiger partial charge in [0, 0.05) is 18.7 Å². The van der Waals surface area contributed by atoms with Gasteiger partial charge in [-0.05, 0) is 19.4 Å². The minimum Gasteiger partial charge on any atom is -0.351 e. The summed E-state index contributed by atoms with van der Waals surface area (Å²) in [7, 11) is 0. The van der Waals surface area contributed by atoms with E-state index in [2.05, 4.69) is 5.32 Å². The third kappa shape index (κ3) is 3.28. The summed E-state index contributed by atoms with van der Waals surface area (Å²) < 4.78 is 0. The predicted molar refractivity (Wildman–Crippen MR) is 64.3 cm³/mol. The molecule has 0 fully saturated rings. The van der Waals surface area contributed by atoms with Gasteiger partial charge in [0.05, 0.1) is 11.0 Å². The van der Waals surface area contributed by atoms with Gasteiger partial charge in [0.1, 0.15) is 5.41 Å². The zero-order valence-corrected chi connectivity index (χ0v) is 10.1. The topological polar surface area (TPSA) is 96.0 Å².